The summed E-state index contributed by atoms with van der Waals surface area (Å²) in [6, 6.07) is 9.63. The molecule has 0 aliphatic rings. The van der Waals surface area contributed by atoms with E-state index in [0.717, 1.165) is 0 Å². The summed E-state index contributed by atoms with van der Waals surface area (Å²) in [5, 5.41) is 17.4. The Bertz CT molecular complexity index is 546. The van der Waals surface area contributed by atoms with Crippen molar-refractivity contribution in [3.63, 3.8) is 0 Å². The molecule has 0 heterocycles. The van der Waals surface area contributed by atoms with E-state index < -0.39 is 5.91 Å². The van der Waals surface area contributed by atoms with Crippen LogP contribution in [0.25, 0.3) is 5.70 Å². The van der Waals surface area contributed by atoms with Crippen LogP contribution in [0.4, 0.5) is 0 Å². The molecular weight excluding hydrogens is 218 g/mol. The van der Waals surface area contributed by atoms with Gasteiger partial charge in [-0.3, -0.25) is 10.2 Å². The van der Waals surface area contributed by atoms with Gasteiger partial charge in [0.05, 0.1) is 11.3 Å². The minimum atomic E-state index is -0.543. The highest BCUT2D eigenvalue weighted by Crippen LogP contribution is 2.17. The van der Waals surface area contributed by atoms with E-state index >= 15 is 0 Å². The molecule has 0 bridgehead atoms. The number of allylic oxidation sites excluding steroid dienone is 1. The fraction of sp³-hybridized carbons (Fsp3) is 0. The molecule has 0 aromatic heterocycles. The van der Waals surface area contributed by atoms with Crippen LogP contribution in [0.5, 0.6) is 0 Å². The lowest BCUT2D eigenvalue weighted by Gasteiger charge is -2.07. The Labute approximate surface area is 97.7 Å². The van der Waals surface area contributed by atoms with Gasteiger partial charge < -0.3 is 5.73 Å². The number of amides is 1. The van der Waals surface area contributed by atoms with Crippen molar-refractivity contribution in [1.82, 2.24) is 5.43 Å². The summed E-state index contributed by atoms with van der Waals surface area (Å²) in [4.78, 5) is 11.5. The summed E-state index contributed by atoms with van der Waals surface area (Å²) in [5.41, 5.74) is 7.84. The van der Waals surface area contributed by atoms with Crippen LogP contribution in [-0.2, 0) is 0 Å². The second-order valence-corrected chi connectivity index (χ2v) is 3.03. The fourth-order valence-corrected chi connectivity index (χ4v) is 1.27. The van der Waals surface area contributed by atoms with E-state index in [0.29, 0.717) is 5.56 Å². The molecule has 0 saturated heterocycles. The average molecular weight is 227 g/mol. The first kappa shape index (κ1) is 12.2. The van der Waals surface area contributed by atoms with E-state index in [-0.39, 0.29) is 16.8 Å². The van der Waals surface area contributed by atoms with Gasteiger partial charge in [-0.05, 0) is 6.07 Å². The molecule has 5 N–H and O–H groups in total. The molecule has 0 spiro atoms. The van der Waals surface area contributed by atoms with Gasteiger partial charge in [-0.1, -0.05) is 18.2 Å². The number of nitriles is 2. The normalized spacial score (nSPS) is 8.65. The maximum atomic E-state index is 11.5. The Morgan fingerprint density at radius 1 is 1.18 bits per heavy atom. The molecule has 84 valence electrons. The summed E-state index contributed by atoms with van der Waals surface area (Å²) in [6.45, 7) is 0. The largest absolute Gasteiger partial charge is 0.397 e. The first-order valence-electron chi connectivity index (χ1n) is 4.56. The fourth-order valence-electron chi connectivity index (χ4n) is 1.27. The smallest absolute Gasteiger partial charge is 0.265 e. The lowest BCUT2D eigenvalue weighted by atomic mass is 10.0. The third kappa shape index (κ3) is 2.40. The van der Waals surface area contributed by atoms with Gasteiger partial charge in [-0.15, -0.1) is 0 Å². The quantitative estimate of drug-likeness (QED) is 0.283. The van der Waals surface area contributed by atoms with E-state index in [1.165, 1.54) is 12.1 Å². The number of nitrogen functional groups attached to an aromatic ring is 1. The standard InChI is InChI=1S/C11H9N5O/c12-5-7(6-13)10(14)8-3-1-2-4-9(8)11(17)16-15/h1-4H,14-15H2,(H,16,17). The van der Waals surface area contributed by atoms with Crippen LogP contribution < -0.4 is 17.0 Å². The summed E-state index contributed by atoms with van der Waals surface area (Å²) < 4.78 is 0. The van der Waals surface area contributed by atoms with Crippen LogP contribution in [0.15, 0.2) is 29.8 Å². The Kier molecular flexibility index (Phi) is 3.82. The van der Waals surface area contributed by atoms with Crippen molar-refractivity contribution in [2.45, 2.75) is 0 Å². The summed E-state index contributed by atoms with van der Waals surface area (Å²) in [7, 11) is 0. The Morgan fingerprint density at radius 3 is 2.18 bits per heavy atom. The number of nitrogens with zero attached hydrogens (tertiary/aromatic N) is 2. The number of carbonyl (C=O) groups is 1. The molecular formula is C11H9N5O. The van der Waals surface area contributed by atoms with Gasteiger partial charge in [0.25, 0.3) is 5.91 Å². The van der Waals surface area contributed by atoms with E-state index in [1.54, 1.807) is 24.3 Å². The molecule has 0 fully saturated rings. The van der Waals surface area contributed by atoms with E-state index in [1.807, 2.05) is 5.43 Å². The topological polar surface area (TPSA) is 129 Å². The summed E-state index contributed by atoms with van der Waals surface area (Å²) >= 11 is 0. The molecule has 0 aliphatic carbocycles. The molecule has 0 saturated carbocycles. The number of hydrogen-bond donors (Lipinski definition) is 3. The number of rotatable bonds is 2. The second-order valence-electron chi connectivity index (χ2n) is 3.03. The second kappa shape index (κ2) is 5.31. The Morgan fingerprint density at radius 2 is 1.71 bits per heavy atom. The molecule has 0 unspecified atom stereocenters. The molecule has 17 heavy (non-hydrogen) atoms. The molecule has 0 aliphatic heterocycles. The van der Waals surface area contributed by atoms with E-state index in [2.05, 4.69) is 0 Å². The lowest BCUT2D eigenvalue weighted by molar-refractivity contribution is 0.0953. The van der Waals surface area contributed by atoms with Crippen molar-refractivity contribution in [2.24, 2.45) is 11.6 Å². The van der Waals surface area contributed by atoms with Crippen molar-refractivity contribution in [2.75, 3.05) is 0 Å². The number of hydrazine groups is 1. The Hall–Kier alpha value is -2.83. The van der Waals surface area contributed by atoms with Crippen LogP contribution in [0.1, 0.15) is 15.9 Å². The SMILES string of the molecule is N#CC(C#N)=C(N)c1ccccc1C(=O)NN. The zero-order valence-electron chi connectivity index (χ0n) is 8.77. The van der Waals surface area contributed by atoms with Crippen LogP contribution >= 0.6 is 0 Å². The van der Waals surface area contributed by atoms with Crippen molar-refractivity contribution >= 4 is 11.6 Å². The summed E-state index contributed by atoms with van der Waals surface area (Å²) in [5.74, 6) is 4.48. The molecule has 0 atom stereocenters. The predicted molar refractivity (Wildman–Crippen MR) is 60.4 cm³/mol. The maximum Gasteiger partial charge on any atom is 0.265 e. The maximum absolute atomic E-state index is 11.5. The molecule has 1 aromatic carbocycles. The highest BCUT2D eigenvalue weighted by Gasteiger charge is 2.14. The van der Waals surface area contributed by atoms with Gasteiger partial charge in [0.2, 0.25) is 0 Å². The van der Waals surface area contributed by atoms with Crippen LogP contribution in [0, 0.1) is 22.7 Å². The number of nitrogens with two attached hydrogens (primary N) is 2. The highest BCUT2D eigenvalue weighted by atomic mass is 16.2. The van der Waals surface area contributed by atoms with Crippen molar-refractivity contribution in [1.29, 1.82) is 10.5 Å². The van der Waals surface area contributed by atoms with Crippen LogP contribution in [0.3, 0.4) is 0 Å². The van der Waals surface area contributed by atoms with Gasteiger partial charge >= 0.3 is 0 Å². The first-order valence-corrected chi connectivity index (χ1v) is 4.56. The Balaban J connectivity index is 3.44. The minimum absolute atomic E-state index is 0.0470. The minimum Gasteiger partial charge on any atom is -0.397 e. The number of hydrogen-bond acceptors (Lipinski definition) is 5. The van der Waals surface area contributed by atoms with Crippen molar-refractivity contribution in [3.05, 3.63) is 41.0 Å². The average Bonchev–Trinajstić information content (AvgIpc) is 2.39. The number of carbonyl (C=O) groups excluding carboxylic acids is 1. The zero-order chi connectivity index (χ0) is 12.8. The highest BCUT2D eigenvalue weighted by molar-refractivity contribution is 5.99. The van der Waals surface area contributed by atoms with E-state index in [4.69, 9.17) is 22.1 Å². The van der Waals surface area contributed by atoms with E-state index in [9.17, 15) is 4.79 Å². The zero-order valence-corrected chi connectivity index (χ0v) is 8.77. The number of nitrogens with one attached hydrogen (secondary N) is 1. The van der Waals surface area contributed by atoms with Crippen molar-refractivity contribution < 1.29 is 4.79 Å². The van der Waals surface area contributed by atoms with Gasteiger partial charge in [-0.25, -0.2) is 5.84 Å². The molecule has 1 rings (SSSR count). The van der Waals surface area contributed by atoms with Gasteiger partial charge in [0.15, 0.2) is 5.57 Å². The van der Waals surface area contributed by atoms with Gasteiger partial charge in [0, 0.05) is 5.56 Å². The predicted octanol–water partition coefficient (Wildman–Crippen LogP) is 0.00706. The van der Waals surface area contributed by atoms with Crippen LogP contribution in [-0.4, -0.2) is 5.91 Å². The van der Waals surface area contributed by atoms with Crippen LogP contribution in [0.2, 0.25) is 0 Å². The molecule has 0 radical (unpaired) electrons. The lowest BCUT2D eigenvalue weighted by Crippen LogP contribution is -2.31. The molecule has 1 amide bonds. The van der Waals surface area contributed by atoms with Gasteiger partial charge in [-0.2, -0.15) is 10.5 Å². The van der Waals surface area contributed by atoms with Gasteiger partial charge in [0.1, 0.15) is 12.1 Å². The monoisotopic (exact) mass is 227 g/mol. The third-order valence-electron chi connectivity index (χ3n) is 2.09. The molecule has 6 nitrogen and oxygen atoms in total. The first-order chi connectivity index (χ1) is 8.15. The molecule has 6 heteroatoms. The van der Waals surface area contributed by atoms with Crippen molar-refractivity contribution in [3.8, 4) is 12.1 Å². The third-order valence-corrected chi connectivity index (χ3v) is 2.09. The molecule has 1 aromatic rings. The number of benzene rings is 1. The summed E-state index contributed by atoms with van der Waals surface area (Å²) in [6.07, 6.45) is 0.